The molecule has 0 spiro atoms. The highest BCUT2D eigenvalue weighted by Gasteiger charge is 2.42. The molecule has 2 aliphatic rings. The Labute approximate surface area is 142 Å². The topological polar surface area (TPSA) is 75.9 Å². The van der Waals surface area contributed by atoms with Crippen molar-refractivity contribution >= 4 is 12.0 Å². The molecular formula is C18H25N3O3. The van der Waals surface area contributed by atoms with Gasteiger partial charge in [0, 0.05) is 19.1 Å². The minimum Gasteiger partial charge on any atom is -0.445 e. The lowest BCUT2D eigenvalue weighted by molar-refractivity contribution is -0.131. The molecule has 6 heteroatoms. The van der Waals surface area contributed by atoms with Gasteiger partial charge in [0.1, 0.15) is 6.61 Å². The van der Waals surface area contributed by atoms with E-state index < -0.39 is 6.04 Å². The zero-order valence-electron chi connectivity index (χ0n) is 14.1. The number of carbonyl (C=O) groups is 2. The van der Waals surface area contributed by atoms with Gasteiger partial charge in [-0.2, -0.15) is 0 Å². The van der Waals surface area contributed by atoms with E-state index in [1.807, 2.05) is 35.2 Å². The summed E-state index contributed by atoms with van der Waals surface area (Å²) in [5.41, 5.74) is 6.66. The maximum absolute atomic E-state index is 12.6. The normalized spacial score (nSPS) is 21.4. The van der Waals surface area contributed by atoms with Crippen LogP contribution in [0.1, 0.15) is 31.7 Å². The molecule has 2 fully saturated rings. The fraction of sp³-hybridized carbons (Fsp3) is 0.556. The lowest BCUT2D eigenvalue weighted by Crippen LogP contribution is -2.46. The van der Waals surface area contributed by atoms with E-state index in [1.165, 1.54) is 0 Å². The van der Waals surface area contributed by atoms with E-state index in [1.54, 1.807) is 11.8 Å². The van der Waals surface area contributed by atoms with Crippen molar-refractivity contribution in [3.8, 4) is 0 Å². The maximum Gasteiger partial charge on any atom is 0.410 e. The highest BCUT2D eigenvalue weighted by molar-refractivity contribution is 5.81. The van der Waals surface area contributed by atoms with Crippen molar-refractivity contribution in [2.75, 3.05) is 13.1 Å². The Morgan fingerprint density at radius 3 is 2.58 bits per heavy atom. The van der Waals surface area contributed by atoms with Crippen LogP contribution in [0.25, 0.3) is 0 Å². The Morgan fingerprint density at radius 1 is 1.25 bits per heavy atom. The van der Waals surface area contributed by atoms with Crippen molar-refractivity contribution in [2.24, 2.45) is 5.73 Å². The molecule has 1 saturated heterocycles. The first-order chi connectivity index (χ1) is 11.6. The van der Waals surface area contributed by atoms with E-state index in [-0.39, 0.29) is 30.7 Å². The SMILES string of the molecule is C[C@H](N)C(=O)N1CC[C@@H](N(C(=O)OCc2ccccc2)C2CC2)C1. The molecule has 6 nitrogen and oxygen atoms in total. The minimum atomic E-state index is -0.497. The molecule has 1 aliphatic heterocycles. The van der Waals surface area contributed by atoms with Crippen LogP contribution < -0.4 is 5.73 Å². The molecule has 2 atom stereocenters. The first-order valence-electron chi connectivity index (χ1n) is 8.59. The number of amides is 2. The van der Waals surface area contributed by atoms with Crippen LogP contribution in [0.15, 0.2) is 30.3 Å². The molecule has 1 aromatic carbocycles. The summed E-state index contributed by atoms with van der Waals surface area (Å²) >= 11 is 0. The van der Waals surface area contributed by atoms with Gasteiger partial charge in [-0.05, 0) is 31.7 Å². The predicted molar refractivity (Wildman–Crippen MR) is 90.1 cm³/mol. The Bertz CT molecular complexity index is 586. The average Bonchev–Trinajstić information content (AvgIpc) is 3.30. The molecule has 1 saturated carbocycles. The molecular weight excluding hydrogens is 306 g/mol. The van der Waals surface area contributed by atoms with Gasteiger partial charge in [-0.15, -0.1) is 0 Å². The van der Waals surface area contributed by atoms with Crippen LogP contribution in [0.5, 0.6) is 0 Å². The molecule has 0 radical (unpaired) electrons. The summed E-state index contributed by atoms with van der Waals surface area (Å²) in [7, 11) is 0. The summed E-state index contributed by atoms with van der Waals surface area (Å²) in [5, 5.41) is 0. The predicted octanol–water partition coefficient (Wildman–Crippen LogP) is 1.74. The van der Waals surface area contributed by atoms with Crippen LogP contribution in [0.4, 0.5) is 4.79 Å². The molecule has 130 valence electrons. The van der Waals surface area contributed by atoms with Crippen LogP contribution in [0.3, 0.4) is 0 Å². The Kier molecular flexibility index (Phi) is 5.04. The molecule has 0 bridgehead atoms. The van der Waals surface area contributed by atoms with Gasteiger partial charge in [0.2, 0.25) is 5.91 Å². The second kappa shape index (κ2) is 7.21. The Balaban J connectivity index is 1.59. The van der Waals surface area contributed by atoms with Crippen LogP contribution >= 0.6 is 0 Å². The number of hydrogen-bond donors (Lipinski definition) is 1. The third-order valence-corrected chi connectivity index (χ3v) is 4.61. The van der Waals surface area contributed by atoms with E-state index in [9.17, 15) is 9.59 Å². The van der Waals surface area contributed by atoms with E-state index >= 15 is 0 Å². The number of carbonyl (C=O) groups excluding carboxylic acids is 2. The minimum absolute atomic E-state index is 0.0310. The number of benzene rings is 1. The van der Waals surface area contributed by atoms with Gasteiger partial charge in [0.15, 0.2) is 0 Å². The van der Waals surface area contributed by atoms with Crippen molar-refractivity contribution in [1.29, 1.82) is 0 Å². The van der Waals surface area contributed by atoms with Crippen LogP contribution in [-0.4, -0.2) is 53.0 Å². The van der Waals surface area contributed by atoms with E-state index in [0.717, 1.165) is 24.8 Å². The maximum atomic E-state index is 12.6. The van der Waals surface area contributed by atoms with Crippen LogP contribution in [0.2, 0.25) is 0 Å². The number of nitrogens with two attached hydrogens (primary N) is 1. The van der Waals surface area contributed by atoms with Gasteiger partial charge in [0.05, 0.1) is 12.1 Å². The lowest BCUT2D eigenvalue weighted by atomic mass is 10.2. The Morgan fingerprint density at radius 2 is 1.96 bits per heavy atom. The number of rotatable bonds is 5. The summed E-state index contributed by atoms with van der Waals surface area (Å²) in [6.45, 7) is 3.18. The molecule has 0 aromatic heterocycles. The number of hydrogen-bond acceptors (Lipinski definition) is 4. The van der Waals surface area contributed by atoms with E-state index in [2.05, 4.69) is 0 Å². The fourth-order valence-electron chi connectivity index (χ4n) is 3.20. The number of ether oxygens (including phenoxy) is 1. The largest absolute Gasteiger partial charge is 0.445 e. The smallest absolute Gasteiger partial charge is 0.410 e. The first-order valence-corrected chi connectivity index (χ1v) is 8.59. The summed E-state index contributed by atoms with van der Waals surface area (Å²) in [6, 6.07) is 9.45. The Hall–Kier alpha value is -2.08. The third-order valence-electron chi connectivity index (χ3n) is 4.61. The molecule has 0 unspecified atom stereocenters. The van der Waals surface area contributed by atoms with Crippen molar-refractivity contribution in [3.63, 3.8) is 0 Å². The zero-order valence-corrected chi connectivity index (χ0v) is 14.1. The standard InChI is InChI=1S/C18H25N3O3/c1-13(19)17(22)20-10-9-16(11-20)21(15-7-8-15)18(23)24-12-14-5-3-2-4-6-14/h2-6,13,15-16H,7-12,19H2,1H3/t13-,16+/m0/s1. The zero-order chi connectivity index (χ0) is 17.1. The van der Waals surface area contributed by atoms with Crippen molar-refractivity contribution in [3.05, 3.63) is 35.9 Å². The van der Waals surface area contributed by atoms with Crippen molar-refractivity contribution < 1.29 is 14.3 Å². The van der Waals surface area contributed by atoms with Crippen molar-refractivity contribution in [1.82, 2.24) is 9.80 Å². The van der Waals surface area contributed by atoms with E-state index in [0.29, 0.717) is 13.1 Å². The molecule has 3 rings (SSSR count). The second-order valence-electron chi connectivity index (χ2n) is 6.69. The molecule has 1 heterocycles. The first kappa shape index (κ1) is 16.8. The fourth-order valence-corrected chi connectivity index (χ4v) is 3.20. The van der Waals surface area contributed by atoms with Crippen LogP contribution in [-0.2, 0) is 16.1 Å². The molecule has 2 amide bonds. The van der Waals surface area contributed by atoms with Crippen LogP contribution in [0, 0.1) is 0 Å². The van der Waals surface area contributed by atoms with Gasteiger partial charge >= 0.3 is 6.09 Å². The highest BCUT2D eigenvalue weighted by atomic mass is 16.6. The van der Waals surface area contributed by atoms with Gasteiger partial charge in [-0.3, -0.25) is 4.79 Å². The third kappa shape index (κ3) is 3.87. The van der Waals surface area contributed by atoms with Gasteiger partial charge in [0.25, 0.3) is 0 Å². The molecule has 1 aliphatic carbocycles. The van der Waals surface area contributed by atoms with Crippen molar-refractivity contribution in [2.45, 2.75) is 50.9 Å². The monoisotopic (exact) mass is 331 g/mol. The average molecular weight is 331 g/mol. The lowest BCUT2D eigenvalue weighted by Gasteiger charge is -2.28. The molecule has 2 N–H and O–H groups in total. The van der Waals surface area contributed by atoms with Gasteiger partial charge in [-0.1, -0.05) is 30.3 Å². The molecule has 24 heavy (non-hydrogen) atoms. The van der Waals surface area contributed by atoms with Gasteiger partial charge in [-0.25, -0.2) is 4.79 Å². The molecule has 1 aromatic rings. The summed E-state index contributed by atoms with van der Waals surface area (Å²) in [6.07, 6.45) is 2.53. The van der Waals surface area contributed by atoms with E-state index in [4.69, 9.17) is 10.5 Å². The summed E-state index contributed by atoms with van der Waals surface area (Å²) in [4.78, 5) is 28.2. The summed E-state index contributed by atoms with van der Waals surface area (Å²) in [5.74, 6) is -0.0501. The number of likely N-dealkylation sites (tertiary alicyclic amines) is 1. The second-order valence-corrected chi connectivity index (χ2v) is 6.69. The highest BCUT2D eigenvalue weighted by Crippen LogP contribution is 2.32. The number of nitrogens with zero attached hydrogens (tertiary/aromatic N) is 2. The van der Waals surface area contributed by atoms with Gasteiger partial charge < -0.3 is 20.3 Å². The summed E-state index contributed by atoms with van der Waals surface area (Å²) < 4.78 is 5.51. The quantitative estimate of drug-likeness (QED) is 0.891.